The first-order chi connectivity index (χ1) is 9.67. The largest absolute Gasteiger partial charge is 0.478 e. The Hall–Kier alpha value is -1.05. The zero-order chi connectivity index (χ0) is 14.8. The third kappa shape index (κ3) is 8.08. The van der Waals surface area contributed by atoms with E-state index in [0.717, 1.165) is 24.5 Å². The van der Waals surface area contributed by atoms with Crippen molar-refractivity contribution >= 4 is 29.9 Å². The van der Waals surface area contributed by atoms with E-state index in [1.165, 1.54) is 0 Å². The first-order valence-corrected chi connectivity index (χ1v) is 7.18. The van der Waals surface area contributed by atoms with Gasteiger partial charge in [0.1, 0.15) is 0 Å². The molecule has 0 atom stereocenters. The summed E-state index contributed by atoms with van der Waals surface area (Å²) in [5.41, 5.74) is 1.03. The van der Waals surface area contributed by atoms with Crippen LogP contribution in [0.4, 0.5) is 0 Å². The molecule has 120 valence electrons. The Balaban J connectivity index is 0.00000400. The number of nitrogens with one attached hydrogen (secondary N) is 2. The third-order valence-corrected chi connectivity index (χ3v) is 2.82. The van der Waals surface area contributed by atoms with E-state index in [4.69, 9.17) is 4.74 Å². The number of nitrogens with zero attached hydrogens (tertiary/aromatic N) is 2. The maximum absolute atomic E-state index is 5.50. The van der Waals surface area contributed by atoms with Crippen LogP contribution < -0.4 is 15.4 Å². The molecule has 0 fully saturated rings. The highest BCUT2D eigenvalue weighted by atomic mass is 127. The highest BCUT2D eigenvalue weighted by molar-refractivity contribution is 14.0. The summed E-state index contributed by atoms with van der Waals surface area (Å²) in [5, 5.41) is 6.58. The molecule has 1 rings (SSSR count). The zero-order valence-electron chi connectivity index (χ0n) is 13.3. The lowest BCUT2D eigenvalue weighted by atomic mass is 10.1. The fourth-order valence-corrected chi connectivity index (χ4v) is 1.70. The van der Waals surface area contributed by atoms with Crippen LogP contribution in [0.5, 0.6) is 5.88 Å². The standard InChI is InChI=1S/C15H26N4O.HI/c1-5-20-14-13(7-6-9-17-14)11-19-15(16-4)18-10-8-12(2)3;/h6-7,9,12H,5,8,10-11H2,1-4H3,(H2,16,18,19);1H. The van der Waals surface area contributed by atoms with E-state index in [-0.39, 0.29) is 24.0 Å². The number of hydrogen-bond acceptors (Lipinski definition) is 3. The number of aliphatic imine (C=N–C) groups is 1. The van der Waals surface area contributed by atoms with Gasteiger partial charge in [0, 0.05) is 31.9 Å². The smallest absolute Gasteiger partial charge is 0.218 e. The van der Waals surface area contributed by atoms with Crippen molar-refractivity contribution in [2.24, 2.45) is 10.9 Å². The lowest BCUT2D eigenvalue weighted by Gasteiger charge is -2.14. The van der Waals surface area contributed by atoms with Crippen molar-refractivity contribution in [3.63, 3.8) is 0 Å². The second-order valence-electron chi connectivity index (χ2n) is 4.94. The predicted octanol–water partition coefficient (Wildman–Crippen LogP) is 2.81. The molecule has 21 heavy (non-hydrogen) atoms. The average molecular weight is 406 g/mol. The summed E-state index contributed by atoms with van der Waals surface area (Å²) in [6.45, 7) is 8.56. The van der Waals surface area contributed by atoms with Crippen LogP contribution in [-0.4, -0.2) is 31.1 Å². The van der Waals surface area contributed by atoms with E-state index >= 15 is 0 Å². The maximum atomic E-state index is 5.50. The van der Waals surface area contributed by atoms with Crippen molar-refractivity contribution < 1.29 is 4.74 Å². The van der Waals surface area contributed by atoms with Crippen LogP contribution in [0.2, 0.25) is 0 Å². The molecule has 6 heteroatoms. The maximum Gasteiger partial charge on any atom is 0.218 e. The summed E-state index contributed by atoms with van der Waals surface area (Å²) < 4.78 is 5.50. The number of halogens is 1. The van der Waals surface area contributed by atoms with Crippen LogP contribution in [0.15, 0.2) is 23.3 Å². The summed E-state index contributed by atoms with van der Waals surface area (Å²) in [6, 6.07) is 3.92. The number of hydrogen-bond donors (Lipinski definition) is 2. The van der Waals surface area contributed by atoms with Gasteiger partial charge < -0.3 is 15.4 Å². The molecule has 0 aliphatic rings. The molecular weight excluding hydrogens is 379 g/mol. The van der Waals surface area contributed by atoms with Crippen LogP contribution in [0.25, 0.3) is 0 Å². The van der Waals surface area contributed by atoms with Gasteiger partial charge in [0.25, 0.3) is 0 Å². The van der Waals surface area contributed by atoms with Crippen molar-refractivity contribution in [2.75, 3.05) is 20.2 Å². The van der Waals surface area contributed by atoms with Gasteiger partial charge in [-0.3, -0.25) is 4.99 Å². The van der Waals surface area contributed by atoms with Gasteiger partial charge >= 0.3 is 0 Å². The van der Waals surface area contributed by atoms with Crippen LogP contribution in [0, 0.1) is 5.92 Å². The van der Waals surface area contributed by atoms with E-state index in [0.29, 0.717) is 24.9 Å². The fourth-order valence-electron chi connectivity index (χ4n) is 1.70. The van der Waals surface area contributed by atoms with E-state index in [1.807, 2.05) is 19.1 Å². The minimum Gasteiger partial charge on any atom is -0.478 e. The van der Waals surface area contributed by atoms with Gasteiger partial charge in [-0.25, -0.2) is 4.98 Å². The minimum atomic E-state index is 0. The van der Waals surface area contributed by atoms with Crippen molar-refractivity contribution in [1.29, 1.82) is 0 Å². The Kier molecular flexibility index (Phi) is 11.0. The van der Waals surface area contributed by atoms with Crippen LogP contribution in [0.1, 0.15) is 32.8 Å². The van der Waals surface area contributed by atoms with Gasteiger partial charge in [-0.15, -0.1) is 24.0 Å². The Labute approximate surface area is 145 Å². The molecule has 0 bridgehead atoms. The summed E-state index contributed by atoms with van der Waals surface area (Å²) in [6.07, 6.45) is 2.86. The van der Waals surface area contributed by atoms with Crippen molar-refractivity contribution in [2.45, 2.75) is 33.7 Å². The molecule has 0 spiro atoms. The van der Waals surface area contributed by atoms with Crippen LogP contribution in [0.3, 0.4) is 0 Å². The Morgan fingerprint density at radius 1 is 1.38 bits per heavy atom. The third-order valence-electron chi connectivity index (χ3n) is 2.82. The first kappa shape index (κ1) is 19.9. The second-order valence-corrected chi connectivity index (χ2v) is 4.94. The molecular formula is C15H27IN4O. The van der Waals surface area contributed by atoms with Crippen molar-refractivity contribution in [3.8, 4) is 5.88 Å². The number of pyridine rings is 1. The Morgan fingerprint density at radius 3 is 2.76 bits per heavy atom. The molecule has 0 saturated carbocycles. The Morgan fingerprint density at radius 2 is 2.14 bits per heavy atom. The minimum absolute atomic E-state index is 0. The highest BCUT2D eigenvalue weighted by Gasteiger charge is 2.05. The lowest BCUT2D eigenvalue weighted by Crippen LogP contribution is -2.37. The summed E-state index contributed by atoms with van der Waals surface area (Å²) in [4.78, 5) is 8.44. The normalized spacial score (nSPS) is 11.0. The number of aromatic nitrogens is 1. The molecule has 0 aliphatic heterocycles. The predicted molar refractivity (Wildman–Crippen MR) is 98.5 cm³/mol. The van der Waals surface area contributed by atoms with Gasteiger partial charge in [0.15, 0.2) is 5.96 Å². The average Bonchev–Trinajstić information content (AvgIpc) is 2.44. The molecule has 0 unspecified atom stereocenters. The quantitative estimate of drug-likeness (QED) is 0.416. The van der Waals surface area contributed by atoms with Crippen molar-refractivity contribution in [1.82, 2.24) is 15.6 Å². The fraction of sp³-hybridized carbons (Fsp3) is 0.600. The number of ether oxygens (including phenoxy) is 1. The van der Waals surface area contributed by atoms with Crippen LogP contribution in [-0.2, 0) is 6.54 Å². The molecule has 2 N–H and O–H groups in total. The number of rotatable bonds is 7. The summed E-state index contributed by atoms with van der Waals surface area (Å²) in [5.74, 6) is 2.17. The van der Waals surface area contributed by atoms with E-state index < -0.39 is 0 Å². The van der Waals surface area contributed by atoms with Gasteiger partial charge in [-0.1, -0.05) is 19.9 Å². The Bertz CT molecular complexity index is 424. The summed E-state index contributed by atoms with van der Waals surface area (Å²) >= 11 is 0. The lowest BCUT2D eigenvalue weighted by molar-refractivity contribution is 0.322. The molecule has 0 radical (unpaired) electrons. The molecule has 1 aromatic heterocycles. The zero-order valence-corrected chi connectivity index (χ0v) is 15.7. The monoisotopic (exact) mass is 406 g/mol. The molecule has 0 amide bonds. The molecule has 1 aromatic rings. The van der Waals surface area contributed by atoms with Gasteiger partial charge in [-0.05, 0) is 25.3 Å². The second kappa shape index (κ2) is 11.6. The van der Waals surface area contributed by atoms with Crippen LogP contribution >= 0.6 is 24.0 Å². The van der Waals surface area contributed by atoms with Gasteiger partial charge in [0.2, 0.25) is 5.88 Å². The number of guanidine groups is 1. The van der Waals surface area contributed by atoms with Crippen molar-refractivity contribution in [3.05, 3.63) is 23.9 Å². The molecule has 5 nitrogen and oxygen atoms in total. The molecule has 0 aliphatic carbocycles. The molecule has 0 saturated heterocycles. The van der Waals surface area contributed by atoms with Gasteiger partial charge in [-0.2, -0.15) is 0 Å². The first-order valence-electron chi connectivity index (χ1n) is 7.18. The van der Waals surface area contributed by atoms with E-state index in [9.17, 15) is 0 Å². The summed E-state index contributed by atoms with van der Waals surface area (Å²) in [7, 11) is 1.78. The highest BCUT2D eigenvalue weighted by Crippen LogP contribution is 2.13. The molecule has 1 heterocycles. The molecule has 0 aromatic carbocycles. The topological polar surface area (TPSA) is 58.5 Å². The van der Waals surface area contributed by atoms with E-state index in [2.05, 4.69) is 34.5 Å². The SMILES string of the molecule is CCOc1ncccc1CNC(=NC)NCCC(C)C.I. The van der Waals surface area contributed by atoms with E-state index in [1.54, 1.807) is 13.2 Å². The van der Waals surface area contributed by atoms with Gasteiger partial charge in [0.05, 0.1) is 6.61 Å².